The van der Waals surface area contributed by atoms with Gasteiger partial charge in [0.05, 0.1) is 23.6 Å². The number of anilines is 2. The highest BCUT2D eigenvalue weighted by atomic mass is 16.2. The summed E-state index contributed by atoms with van der Waals surface area (Å²) in [5.41, 5.74) is 2.31. The highest BCUT2D eigenvalue weighted by Gasteiger charge is 2.10. The molecule has 0 atom stereocenters. The van der Waals surface area contributed by atoms with Gasteiger partial charge < -0.3 is 15.2 Å². The second-order valence-electron chi connectivity index (χ2n) is 5.31. The van der Waals surface area contributed by atoms with E-state index in [-0.39, 0.29) is 24.3 Å². The molecule has 3 amide bonds. The molecule has 3 N–H and O–H groups in total. The van der Waals surface area contributed by atoms with Crippen molar-refractivity contribution in [3.8, 4) is 0 Å². The van der Waals surface area contributed by atoms with Crippen molar-refractivity contribution < 1.29 is 9.59 Å². The molecule has 1 aromatic carbocycles. The van der Waals surface area contributed by atoms with Crippen LogP contribution in [0.25, 0.3) is 11.0 Å². The van der Waals surface area contributed by atoms with Crippen LogP contribution in [0.1, 0.15) is 0 Å². The number of benzene rings is 1. The Bertz CT molecular complexity index is 882. The van der Waals surface area contributed by atoms with Crippen molar-refractivity contribution in [3.63, 3.8) is 0 Å². The number of nitrogens with one attached hydrogen (secondary N) is 3. The zero-order chi connectivity index (χ0) is 17.1. The van der Waals surface area contributed by atoms with Gasteiger partial charge in [-0.15, -0.1) is 5.10 Å². The molecule has 10 nitrogen and oxygen atoms in total. The molecule has 0 aliphatic rings. The van der Waals surface area contributed by atoms with Gasteiger partial charge in [-0.1, -0.05) is 5.21 Å². The minimum Gasteiger partial charge on any atom is -0.345 e. The van der Waals surface area contributed by atoms with E-state index in [0.717, 1.165) is 11.0 Å². The summed E-state index contributed by atoms with van der Waals surface area (Å²) < 4.78 is 1.34. The van der Waals surface area contributed by atoms with Crippen molar-refractivity contribution in [2.45, 2.75) is 6.54 Å². The number of fused-ring (bicyclic) bond motifs is 1. The highest BCUT2D eigenvalue weighted by molar-refractivity contribution is 5.93. The molecule has 2 heterocycles. The van der Waals surface area contributed by atoms with E-state index in [4.69, 9.17) is 0 Å². The maximum Gasteiger partial charge on any atom is 0.322 e. The number of hydrogen-bond acceptors (Lipinski definition) is 5. The van der Waals surface area contributed by atoms with Crippen molar-refractivity contribution in [1.29, 1.82) is 0 Å². The third kappa shape index (κ3) is 3.48. The lowest BCUT2D eigenvalue weighted by atomic mass is 10.3. The maximum atomic E-state index is 12.1. The summed E-state index contributed by atoms with van der Waals surface area (Å²) in [4.78, 5) is 32.1. The summed E-state index contributed by atoms with van der Waals surface area (Å²) in [6, 6.07) is 5.06. The Labute approximate surface area is 136 Å². The molecule has 0 radical (unpaired) electrons. The van der Waals surface area contributed by atoms with E-state index in [1.165, 1.54) is 15.8 Å². The fourth-order valence-electron chi connectivity index (χ4n) is 2.02. The average molecular weight is 328 g/mol. The summed E-state index contributed by atoms with van der Waals surface area (Å²) in [5, 5.41) is 12.9. The lowest BCUT2D eigenvalue weighted by Gasteiger charge is -2.09. The molecule has 0 unspecified atom stereocenters. The molecular weight excluding hydrogens is 312 g/mol. The van der Waals surface area contributed by atoms with Gasteiger partial charge in [-0.05, 0) is 18.2 Å². The van der Waals surface area contributed by atoms with Crippen LogP contribution in [0.3, 0.4) is 0 Å². The van der Waals surface area contributed by atoms with Gasteiger partial charge in [0.2, 0.25) is 5.91 Å². The number of imidazole rings is 1. The number of rotatable bonds is 4. The highest BCUT2D eigenvalue weighted by Crippen LogP contribution is 2.15. The Morgan fingerprint density at radius 1 is 1.29 bits per heavy atom. The van der Waals surface area contributed by atoms with Gasteiger partial charge in [-0.2, -0.15) is 0 Å². The number of aromatic nitrogens is 5. The van der Waals surface area contributed by atoms with E-state index in [2.05, 4.69) is 30.9 Å². The summed E-state index contributed by atoms with van der Waals surface area (Å²) in [6.07, 6.45) is 3.08. The standard InChI is InChI=1S/C14H16N8O2/c1-21(2)14(24)18-12-6-22(20-19-12)7-13(23)17-9-3-4-10-11(5-9)16-8-15-10/h3-6,8H,7H2,1-2H3,(H,15,16)(H,17,23)(H,18,24). The van der Waals surface area contributed by atoms with E-state index in [1.807, 2.05) is 6.07 Å². The SMILES string of the molecule is CN(C)C(=O)Nc1cn(CC(=O)Nc2ccc3nc[nH]c3c2)nn1. The molecule has 0 aliphatic heterocycles. The average Bonchev–Trinajstić information content (AvgIpc) is 3.15. The molecule has 0 aliphatic carbocycles. The summed E-state index contributed by atoms with van der Waals surface area (Å²) in [6.45, 7) is -0.0220. The first kappa shape index (κ1) is 15.5. The molecule has 0 bridgehead atoms. The second-order valence-corrected chi connectivity index (χ2v) is 5.31. The molecule has 3 rings (SSSR count). The number of urea groups is 1. The Kier molecular flexibility index (Phi) is 4.10. The molecule has 0 saturated carbocycles. The van der Waals surface area contributed by atoms with Crippen LogP contribution in [0.4, 0.5) is 16.3 Å². The summed E-state index contributed by atoms with van der Waals surface area (Å²) in [5.74, 6) is 0.0182. The minimum absolute atomic E-state index is 0.0220. The van der Waals surface area contributed by atoms with Gasteiger partial charge in [0.15, 0.2) is 5.82 Å². The predicted octanol–water partition coefficient (Wildman–Crippen LogP) is 0.887. The Balaban J connectivity index is 1.60. The number of amides is 3. The number of hydrogen-bond donors (Lipinski definition) is 3. The second kappa shape index (κ2) is 6.36. The van der Waals surface area contributed by atoms with Crippen molar-refractivity contribution in [2.75, 3.05) is 24.7 Å². The molecule has 10 heteroatoms. The number of aromatic amines is 1. The van der Waals surface area contributed by atoms with Crippen LogP contribution in [0.5, 0.6) is 0 Å². The molecule has 2 aromatic heterocycles. The van der Waals surface area contributed by atoms with Crippen molar-refractivity contribution in [2.24, 2.45) is 0 Å². The van der Waals surface area contributed by atoms with Crippen molar-refractivity contribution in [3.05, 3.63) is 30.7 Å². The fraction of sp³-hybridized carbons (Fsp3) is 0.214. The third-order valence-electron chi connectivity index (χ3n) is 3.19. The molecule has 0 fully saturated rings. The molecule has 0 saturated heterocycles. The third-order valence-corrected chi connectivity index (χ3v) is 3.19. The quantitative estimate of drug-likeness (QED) is 0.656. The fourth-order valence-corrected chi connectivity index (χ4v) is 2.02. The molecular formula is C14H16N8O2. The van der Waals surface area contributed by atoms with Crippen molar-refractivity contribution in [1.82, 2.24) is 29.9 Å². The molecule has 124 valence electrons. The van der Waals surface area contributed by atoms with Gasteiger partial charge >= 0.3 is 6.03 Å². The van der Waals surface area contributed by atoms with Crippen LogP contribution in [0.2, 0.25) is 0 Å². The zero-order valence-electron chi connectivity index (χ0n) is 13.1. The topological polar surface area (TPSA) is 121 Å². The molecule has 0 spiro atoms. The number of H-pyrrole nitrogens is 1. The number of carbonyl (C=O) groups is 2. The van der Waals surface area contributed by atoms with Gasteiger partial charge in [0.1, 0.15) is 6.54 Å². The minimum atomic E-state index is -0.320. The number of carbonyl (C=O) groups excluding carboxylic acids is 2. The molecule has 24 heavy (non-hydrogen) atoms. The first-order valence-corrected chi connectivity index (χ1v) is 7.13. The first-order chi connectivity index (χ1) is 11.5. The van der Waals surface area contributed by atoms with Gasteiger partial charge in [0.25, 0.3) is 0 Å². The zero-order valence-corrected chi connectivity index (χ0v) is 13.1. The first-order valence-electron chi connectivity index (χ1n) is 7.13. The summed E-state index contributed by atoms with van der Waals surface area (Å²) in [7, 11) is 3.23. The van der Waals surface area contributed by atoms with E-state index in [0.29, 0.717) is 5.69 Å². The largest absolute Gasteiger partial charge is 0.345 e. The van der Waals surface area contributed by atoms with Crippen LogP contribution < -0.4 is 10.6 Å². The van der Waals surface area contributed by atoms with Crippen LogP contribution in [-0.2, 0) is 11.3 Å². The van der Waals surface area contributed by atoms with E-state index in [1.54, 1.807) is 32.6 Å². The Morgan fingerprint density at radius 3 is 2.92 bits per heavy atom. The van der Waals surface area contributed by atoms with Crippen LogP contribution in [-0.4, -0.2) is 55.9 Å². The predicted molar refractivity (Wildman–Crippen MR) is 87.5 cm³/mol. The van der Waals surface area contributed by atoms with Gasteiger partial charge in [-0.3, -0.25) is 10.1 Å². The van der Waals surface area contributed by atoms with Crippen molar-refractivity contribution >= 4 is 34.5 Å². The van der Waals surface area contributed by atoms with Gasteiger partial charge in [-0.25, -0.2) is 14.5 Å². The summed E-state index contributed by atoms with van der Waals surface area (Å²) >= 11 is 0. The normalized spacial score (nSPS) is 10.6. The smallest absolute Gasteiger partial charge is 0.322 e. The lowest BCUT2D eigenvalue weighted by molar-refractivity contribution is -0.116. The van der Waals surface area contributed by atoms with Crippen LogP contribution >= 0.6 is 0 Å². The Morgan fingerprint density at radius 2 is 2.12 bits per heavy atom. The Hall–Kier alpha value is -3.43. The lowest BCUT2D eigenvalue weighted by Crippen LogP contribution is -2.27. The monoisotopic (exact) mass is 328 g/mol. The number of nitrogens with zero attached hydrogens (tertiary/aromatic N) is 5. The van der Waals surface area contributed by atoms with Gasteiger partial charge in [0, 0.05) is 19.8 Å². The van der Waals surface area contributed by atoms with E-state index in [9.17, 15) is 9.59 Å². The van der Waals surface area contributed by atoms with E-state index >= 15 is 0 Å². The van der Waals surface area contributed by atoms with E-state index < -0.39 is 0 Å². The molecule has 3 aromatic rings. The van der Waals surface area contributed by atoms with Crippen LogP contribution in [0, 0.1) is 0 Å². The van der Waals surface area contributed by atoms with Crippen LogP contribution in [0.15, 0.2) is 30.7 Å². The maximum absolute atomic E-state index is 12.1.